The van der Waals surface area contributed by atoms with Crippen LogP contribution in [-0.2, 0) is 19.1 Å². The third-order valence-electron chi connectivity index (χ3n) is 7.30. The lowest BCUT2D eigenvalue weighted by Crippen LogP contribution is -2.56. The highest BCUT2D eigenvalue weighted by molar-refractivity contribution is 6.24. The minimum absolute atomic E-state index is 0.154. The molecule has 0 N–H and O–H groups in total. The summed E-state index contributed by atoms with van der Waals surface area (Å²) in [5.41, 5.74) is 0.201. The van der Waals surface area contributed by atoms with E-state index >= 15 is 0 Å². The molecule has 2 unspecified atom stereocenters. The summed E-state index contributed by atoms with van der Waals surface area (Å²) in [5, 5.41) is 0. The Kier molecular flexibility index (Phi) is 4.86. The molecule has 0 spiro atoms. The molecule has 6 rings (SSSR count). The summed E-state index contributed by atoms with van der Waals surface area (Å²) in [5.74, 6) is 0.628. The summed E-state index contributed by atoms with van der Waals surface area (Å²) in [6, 6.07) is 9.37. The second kappa shape index (κ2) is 7.28. The predicted octanol–water partition coefficient (Wildman–Crippen LogP) is 3.71. The van der Waals surface area contributed by atoms with Crippen LogP contribution in [0.1, 0.15) is 50.2 Å². The molecule has 5 aliphatic rings. The van der Waals surface area contributed by atoms with Crippen LogP contribution in [0, 0.1) is 17.3 Å². The van der Waals surface area contributed by atoms with Gasteiger partial charge in [-0.1, -0.05) is 30.3 Å². The minimum Gasteiger partial charge on any atom is -0.447 e. The minimum atomic E-state index is -0.902. The molecule has 6 heteroatoms. The molecule has 1 saturated heterocycles. The first-order valence-corrected chi connectivity index (χ1v) is 11.2. The van der Waals surface area contributed by atoms with Crippen LogP contribution in [0.25, 0.3) is 0 Å². The van der Waals surface area contributed by atoms with E-state index in [1.807, 2.05) is 30.3 Å². The normalized spacial score (nSPS) is 36.7. The fourth-order valence-corrected chi connectivity index (χ4v) is 7.15. The Bertz CT molecular complexity index is 777. The van der Waals surface area contributed by atoms with Crippen molar-refractivity contribution < 1.29 is 19.1 Å². The van der Waals surface area contributed by atoms with Gasteiger partial charge in [0.25, 0.3) is 5.91 Å². The molecule has 0 radical (unpaired) electrons. The highest BCUT2D eigenvalue weighted by atomic mass is 35.5. The van der Waals surface area contributed by atoms with E-state index in [1.54, 1.807) is 4.90 Å². The number of esters is 1. The number of amides is 1. The summed E-state index contributed by atoms with van der Waals surface area (Å²) >= 11 is 6.91. The lowest BCUT2D eigenvalue weighted by Gasteiger charge is -2.58. The van der Waals surface area contributed by atoms with Gasteiger partial charge >= 0.3 is 5.97 Å². The summed E-state index contributed by atoms with van der Waals surface area (Å²) in [4.78, 5) is 28.3. The van der Waals surface area contributed by atoms with Gasteiger partial charge in [0.1, 0.15) is 0 Å². The highest BCUT2D eigenvalue weighted by Gasteiger charge is 2.61. The zero-order valence-corrected chi connectivity index (χ0v) is 17.4. The van der Waals surface area contributed by atoms with Crippen molar-refractivity contribution in [2.24, 2.45) is 17.3 Å². The van der Waals surface area contributed by atoms with Gasteiger partial charge < -0.3 is 14.4 Å². The van der Waals surface area contributed by atoms with Crippen LogP contribution in [0.5, 0.6) is 0 Å². The Balaban J connectivity index is 1.40. The zero-order chi connectivity index (χ0) is 20.1. The fraction of sp³-hybridized carbons (Fsp3) is 0.652. The van der Waals surface area contributed by atoms with Crippen LogP contribution in [0.4, 0.5) is 0 Å². The van der Waals surface area contributed by atoms with E-state index in [0.717, 1.165) is 31.2 Å². The number of alkyl halides is 1. The molecule has 29 heavy (non-hydrogen) atoms. The maximum absolute atomic E-state index is 13.5. The molecule has 5 fully saturated rings. The van der Waals surface area contributed by atoms with Gasteiger partial charge in [-0.3, -0.25) is 9.59 Å². The van der Waals surface area contributed by atoms with Crippen molar-refractivity contribution in [1.29, 1.82) is 0 Å². The summed E-state index contributed by atoms with van der Waals surface area (Å²) in [7, 11) is 0. The molecule has 4 saturated carbocycles. The van der Waals surface area contributed by atoms with Crippen LogP contribution < -0.4 is 0 Å². The van der Waals surface area contributed by atoms with Crippen LogP contribution in [-0.4, -0.2) is 48.0 Å². The van der Waals surface area contributed by atoms with E-state index in [2.05, 4.69) is 0 Å². The SMILES string of the molecule is O=C([C@H](OC(=O)C12C[C@@H]3C[C@@H](CC(Cl)(C3)C1)C2)c1ccccc1)N1CCOCC1. The molecule has 1 amide bonds. The van der Waals surface area contributed by atoms with Gasteiger partial charge in [-0.05, 0) is 50.4 Å². The second-order valence-electron chi connectivity index (χ2n) is 9.53. The van der Waals surface area contributed by atoms with Crippen molar-refractivity contribution in [2.45, 2.75) is 49.5 Å². The van der Waals surface area contributed by atoms with Crippen LogP contribution in [0.15, 0.2) is 30.3 Å². The van der Waals surface area contributed by atoms with E-state index in [9.17, 15) is 9.59 Å². The largest absolute Gasteiger partial charge is 0.447 e. The van der Waals surface area contributed by atoms with E-state index in [-0.39, 0.29) is 16.8 Å². The van der Waals surface area contributed by atoms with Crippen molar-refractivity contribution in [3.8, 4) is 0 Å². The van der Waals surface area contributed by atoms with E-state index < -0.39 is 11.5 Å². The van der Waals surface area contributed by atoms with E-state index in [4.69, 9.17) is 21.1 Å². The van der Waals surface area contributed by atoms with Gasteiger partial charge in [-0.15, -0.1) is 11.6 Å². The molecule has 1 heterocycles. The molecule has 5 atom stereocenters. The molecular weight excluding hydrogens is 390 g/mol. The van der Waals surface area contributed by atoms with Crippen LogP contribution >= 0.6 is 11.6 Å². The predicted molar refractivity (Wildman–Crippen MR) is 108 cm³/mol. The van der Waals surface area contributed by atoms with E-state index in [0.29, 0.717) is 44.6 Å². The lowest BCUT2D eigenvalue weighted by molar-refractivity contribution is -0.181. The monoisotopic (exact) mass is 417 g/mol. The summed E-state index contributed by atoms with van der Waals surface area (Å²) in [6.45, 7) is 2.09. The first-order valence-electron chi connectivity index (χ1n) is 10.8. The number of carbonyl (C=O) groups is 2. The summed E-state index contributed by atoms with van der Waals surface area (Å²) in [6.07, 6.45) is 4.68. The topological polar surface area (TPSA) is 55.8 Å². The molecular formula is C23H28ClNO4. The molecule has 1 aromatic rings. The zero-order valence-electron chi connectivity index (χ0n) is 16.6. The number of carbonyl (C=O) groups excluding carboxylic acids is 2. The maximum Gasteiger partial charge on any atom is 0.313 e. The number of halogens is 1. The van der Waals surface area contributed by atoms with Gasteiger partial charge in [0.05, 0.1) is 18.6 Å². The molecule has 0 aromatic heterocycles. The first kappa shape index (κ1) is 19.4. The Morgan fingerprint density at radius 2 is 1.72 bits per heavy atom. The van der Waals surface area contributed by atoms with Gasteiger partial charge in [0, 0.05) is 23.5 Å². The van der Waals surface area contributed by atoms with Gasteiger partial charge in [-0.25, -0.2) is 0 Å². The van der Waals surface area contributed by atoms with E-state index in [1.165, 1.54) is 6.42 Å². The second-order valence-corrected chi connectivity index (χ2v) is 10.3. The Morgan fingerprint density at radius 3 is 2.34 bits per heavy atom. The Morgan fingerprint density at radius 1 is 1.07 bits per heavy atom. The maximum atomic E-state index is 13.5. The lowest BCUT2D eigenvalue weighted by atomic mass is 9.49. The van der Waals surface area contributed by atoms with Gasteiger partial charge in [-0.2, -0.15) is 0 Å². The number of benzene rings is 1. The molecule has 1 aromatic carbocycles. The number of hydrogen-bond acceptors (Lipinski definition) is 4. The van der Waals surface area contributed by atoms with Crippen molar-refractivity contribution >= 4 is 23.5 Å². The van der Waals surface area contributed by atoms with Gasteiger partial charge in [0.2, 0.25) is 6.10 Å². The van der Waals surface area contributed by atoms with Gasteiger partial charge in [0.15, 0.2) is 0 Å². The third kappa shape index (κ3) is 3.57. The third-order valence-corrected chi connectivity index (χ3v) is 7.74. The van der Waals surface area contributed by atoms with Crippen molar-refractivity contribution in [3.05, 3.63) is 35.9 Å². The number of nitrogens with zero attached hydrogens (tertiary/aromatic N) is 1. The molecule has 5 nitrogen and oxygen atoms in total. The van der Waals surface area contributed by atoms with Crippen molar-refractivity contribution in [2.75, 3.05) is 26.3 Å². The van der Waals surface area contributed by atoms with Crippen molar-refractivity contribution in [3.63, 3.8) is 0 Å². The average molecular weight is 418 g/mol. The van der Waals surface area contributed by atoms with Crippen LogP contribution in [0.3, 0.4) is 0 Å². The first-order chi connectivity index (χ1) is 14.0. The molecule has 4 aliphatic carbocycles. The average Bonchev–Trinajstić information content (AvgIpc) is 2.71. The number of morpholine rings is 1. The number of rotatable bonds is 4. The Hall–Kier alpha value is -1.59. The molecule has 4 bridgehead atoms. The molecule has 1 aliphatic heterocycles. The standard InChI is InChI=1S/C23H28ClNO4/c24-23-13-16-10-17(14-23)12-22(11-16,15-23)21(27)29-19(18-4-2-1-3-5-18)20(26)25-6-8-28-9-7-25/h1-5,16-17,19H,6-15H2/t16-,17+,19-,22?,23?/m1/s1. The number of hydrogen-bond donors (Lipinski definition) is 0. The Labute approximate surface area is 176 Å². The summed E-state index contributed by atoms with van der Waals surface area (Å²) < 4.78 is 11.4. The van der Waals surface area contributed by atoms with Crippen molar-refractivity contribution in [1.82, 2.24) is 4.90 Å². The quantitative estimate of drug-likeness (QED) is 0.553. The molecule has 156 valence electrons. The smallest absolute Gasteiger partial charge is 0.313 e. The highest BCUT2D eigenvalue weighted by Crippen LogP contribution is 2.64. The fourth-order valence-electron chi connectivity index (χ4n) is 6.46. The number of ether oxygens (including phenoxy) is 2. The van der Waals surface area contributed by atoms with Crippen LogP contribution in [0.2, 0.25) is 0 Å².